The number of rotatable bonds is 1. The molecule has 1 fully saturated rings. The standard InChI is InChI=1S/C12H17BrN2O/c1-9-6-14-7-12(16)8-15(9)11-4-2-10(13)3-5-11/h2-5,9,12,14,16H,6-8H2,1H3. The highest BCUT2D eigenvalue weighted by molar-refractivity contribution is 9.10. The molecule has 2 unspecified atom stereocenters. The van der Waals surface area contributed by atoms with Crippen molar-refractivity contribution in [3.8, 4) is 0 Å². The van der Waals surface area contributed by atoms with E-state index in [4.69, 9.17) is 0 Å². The zero-order valence-corrected chi connectivity index (χ0v) is 10.9. The van der Waals surface area contributed by atoms with Gasteiger partial charge in [0.1, 0.15) is 0 Å². The normalized spacial score (nSPS) is 26.6. The Morgan fingerprint density at radius 1 is 1.31 bits per heavy atom. The molecule has 1 saturated heterocycles. The van der Waals surface area contributed by atoms with Crippen LogP contribution < -0.4 is 10.2 Å². The lowest BCUT2D eigenvalue weighted by Gasteiger charge is -2.30. The maximum Gasteiger partial charge on any atom is 0.0839 e. The quantitative estimate of drug-likeness (QED) is 0.823. The lowest BCUT2D eigenvalue weighted by atomic mass is 10.2. The first kappa shape index (κ1) is 11.9. The zero-order chi connectivity index (χ0) is 11.5. The average molecular weight is 285 g/mol. The summed E-state index contributed by atoms with van der Waals surface area (Å²) < 4.78 is 1.08. The fraction of sp³-hybridized carbons (Fsp3) is 0.500. The highest BCUT2D eigenvalue weighted by Crippen LogP contribution is 2.21. The fourth-order valence-corrected chi connectivity index (χ4v) is 2.30. The number of benzene rings is 1. The molecule has 4 heteroatoms. The smallest absolute Gasteiger partial charge is 0.0839 e. The van der Waals surface area contributed by atoms with Crippen molar-refractivity contribution in [1.82, 2.24) is 5.32 Å². The Labute approximate surface area is 105 Å². The van der Waals surface area contributed by atoms with Crippen molar-refractivity contribution in [3.63, 3.8) is 0 Å². The summed E-state index contributed by atoms with van der Waals surface area (Å²) in [5.74, 6) is 0. The van der Waals surface area contributed by atoms with E-state index in [1.54, 1.807) is 0 Å². The van der Waals surface area contributed by atoms with Crippen LogP contribution >= 0.6 is 15.9 Å². The van der Waals surface area contributed by atoms with Crippen LogP contribution in [0.3, 0.4) is 0 Å². The van der Waals surface area contributed by atoms with Crippen molar-refractivity contribution in [1.29, 1.82) is 0 Å². The molecule has 0 saturated carbocycles. The Balaban J connectivity index is 2.19. The predicted molar refractivity (Wildman–Crippen MR) is 69.8 cm³/mol. The Morgan fingerprint density at radius 3 is 2.69 bits per heavy atom. The molecule has 0 radical (unpaired) electrons. The molecule has 2 rings (SSSR count). The summed E-state index contributed by atoms with van der Waals surface area (Å²) in [5, 5.41) is 13.0. The lowest BCUT2D eigenvalue weighted by Crippen LogP contribution is -2.39. The van der Waals surface area contributed by atoms with E-state index in [-0.39, 0.29) is 6.10 Å². The molecule has 0 spiro atoms. The van der Waals surface area contributed by atoms with Crippen molar-refractivity contribution in [2.75, 3.05) is 24.5 Å². The molecule has 16 heavy (non-hydrogen) atoms. The summed E-state index contributed by atoms with van der Waals surface area (Å²) in [6.07, 6.45) is -0.298. The maximum absolute atomic E-state index is 9.78. The van der Waals surface area contributed by atoms with E-state index < -0.39 is 0 Å². The van der Waals surface area contributed by atoms with E-state index in [9.17, 15) is 5.11 Å². The number of nitrogens with one attached hydrogen (secondary N) is 1. The molecule has 2 atom stereocenters. The van der Waals surface area contributed by atoms with Gasteiger partial charge in [0.25, 0.3) is 0 Å². The molecule has 2 N–H and O–H groups in total. The molecular weight excluding hydrogens is 268 g/mol. The molecule has 88 valence electrons. The summed E-state index contributed by atoms with van der Waals surface area (Å²) in [6, 6.07) is 8.63. The van der Waals surface area contributed by atoms with Gasteiger partial charge in [-0.1, -0.05) is 15.9 Å². The average Bonchev–Trinajstić information content (AvgIpc) is 2.42. The van der Waals surface area contributed by atoms with Gasteiger partial charge in [0.15, 0.2) is 0 Å². The summed E-state index contributed by atoms with van der Waals surface area (Å²) in [4.78, 5) is 2.25. The highest BCUT2D eigenvalue weighted by atomic mass is 79.9. The number of β-amino-alcohol motifs (C(OH)–C–C–N with tert-alkyl or cyclic N) is 1. The van der Waals surface area contributed by atoms with Crippen LogP contribution in [0.5, 0.6) is 0 Å². The van der Waals surface area contributed by atoms with Crippen molar-refractivity contribution in [3.05, 3.63) is 28.7 Å². The first-order valence-corrected chi connectivity index (χ1v) is 6.37. The molecular formula is C12H17BrN2O. The molecule has 1 heterocycles. The van der Waals surface area contributed by atoms with E-state index >= 15 is 0 Å². The maximum atomic E-state index is 9.78. The summed E-state index contributed by atoms with van der Waals surface area (Å²) in [5.41, 5.74) is 1.17. The van der Waals surface area contributed by atoms with Crippen LogP contribution in [0.4, 0.5) is 5.69 Å². The molecule has 0 amide bonds. The van der Waals surface area contributed by atoms with Crippen molar-refractivity contribution >= 4 is 21.6 Å². The van der Waals surface area contributed by atoms with E-state index in [1.807, 2.05) is 12.1 Å². The molecule has 3 nitrogen and oxygen atoms in total. The van der Waals surface area contributed by atoms with Gasteiger partial charge in [-0.05, 0) is 31.2 Å². The third-order valence-electron chi connectivity index (χ3n) is 2.92. The molecule has 0 aromatic heterocycles. The molecule has 0 bridgehead atoms. The van der Waals surface area contributed by atoms with Crippen LogP contribution in [-0.2, 0) is 0 Å². The number of aliphatic hydroxyl groups is 1. The highest BCUT2D eigenvalue weighted by Gasteiger charge is 2.21. The van der Waals surface area contributed by atoms with E-state index in [2.05, 4.69) is 45.2 Å². The molecule has 1 aliphatic heterocycles. The van der Waals surface area contributed by atoms with Gasteiger partial charge >= 0.3 is 0 Å². The van der Waals surface area contributed by atoms with E-state index in [1.165, 1.54) is 5.69 Å². The second-order valence-corrected chi connectivity index (χ2v) is 5.21. The van der Waals surface area contributed by atoms with Crippen LogP contribution in [0.2, 0.25) is 0 Å². The van der Waals surface area contributed by atoms with E-state index in [0.717, 1.165) is 11.0 Å². The second-order valence-electron chi connectivity index (χ2n) is 4.29. The summed E-state index contributed by atoms with van der Waals surface area (Å²) >= 11 is 3.43. The molecule has 0 aliphatic carbocycles. The number of nitrogens with zero attached hydrogens (tertiary/aromatic N) is 1. The van der Waals surface area contributed by atoms with Gasteiger partial charge in [0, 0.05) is 35.8 Å². The zero-order valence-electron chi connectivity index (χ0n) is 9.36. The van der Waals surface area contributed by atoms with Crippen LogP contribution in [0, 0.1) is 0 Å². The predicted octanol–water partition coefficient (Wildman–Crippen LogP) is 1.61. The van der Waals surface area contributed by atoms with Gasteiger partial charge in [-0.15, -0.1) is 0 Å². The van der Waals surface area contributed by atoms with Crippen molar-refractivity contribution < 1.29 is 5.11 Å². The minimum absolute atomic E-state index is 0.298. The fourth-order valence-electron chi connectivity index (χ4n) is 2.03. The number of hydrogen-bond acceptors (Lipinski definition) is 3. The minimum Gasteiger partial charge on any atom is -0.390 e. The third kappa shape index (κ3) is 2.75. The third-order valence-corrected chi connectivity index (χ3v) is 3.45. The van der Waals surface area contributed by atoms with Gasteiger partial charge in [0.05, 0.1) is 6.10 Å². The van der Waals surface area contributed by atoms with Gasteiger partial charge in [-0.3, -0.25) is 0 Å². The molecule has 1 aliphatic rings. The Morgan fingerprint density at radius 2 is 2.00 bits per heavy atom. The van der Waals surface area contributed by atoms with Crippen molar-refractivity contribution in [2.24, 2.45) is 0 Å². The molecule has 1 aromatic rings. The number of anilines is 1. The van der Waals surface area contributed by atoms with Crippen LogP contribution in [-0.4, -0.2) is 36.9 Å². The van der Waals surface area contributed by atoms with Gasteiger partial charge in [-0.25, -0.2) is 0 Å². The summed E-state index contributed by atoms with van der Waals surface area (Å²) in [6.45, 7) is 4.45. The summed E-state index contributed by atoms with van der Waals surface area (Å²) in [7, 11) is 0. The molecule has 1 aromatic carbocycles. The monoisotopic (exact) mass is 284 g/mol. The van der Waals surface area contributed by atoms with Gasteiger partial charge < -0.3 is 15.3 Å². The van der Waals surface area contributed by atoms with Crippen LogP contribution in [0.15, 0.2) is 28.7 Å². The second kappa shape index (κ2) is 5.17. The topological polar surface area (TPSA) is 35.5 Å². The number of hydrogen-bond donors (Lipinski definition) is 2. The van der Waals surface area contributed by atoms with Crippen molar-refractivity contribution in [2.45, 2.75) is 19.1 Å². The lowest BCUT2D eigenvalue weighted by molar-refractivity contribution is 0.184. The Kier molecular flexibility index (Phi) is 3.84. The minimum atomic E-state index is -0.298. The van der Waals surface area contributed by atoms with Gasteiger partial charge in [0.2, 0.25) is 0 Å². The number of halogens is 1. The van der Waals surface area contributed by atoms with Crippen LogP contribution in [0.1, 0.15) is 6.92 Å². The van der Waals surface area contributed by atoms with E-state index in [0.29, 0.717) is 19.1 Å². The first-order chi connectivity index (χ1) is 7.66. The largest absolute Gasteiger partial charge is 0.390 e. The Bertz CT molecular complexity index is 341. The Hall–Kier alpha value is -0.580. The van der Waals surface area contributed by atoms with Gasteiger partial charge in [-0.2, -0.15) is 0 Å². The first-order valence-electron chi connectivity index (χ1n) is 5.58. The number of aliphatic hydroxyl groups excluding tert-OH is 1. The van der Waals surface area contributed by atoms with Crippen LogP contribution in [0.25, 0.3) is 0 Å². The SMILES string of the molecule is CC1CNCC(O)CN1c1ccc(Br)cc1.